The second kappa shape index (κ2) is 3.59. The minimum atomic E-state index is -2.94. The number of nitrogens with zero attached hydrogens (tertiary/aromatic N) is 2. The molecule has 0 saturated carbocycles. The van der Waals surface area contributed by atoms with Crippen LogP contribution in [0.2, 0.25) is 0 Å². The fraction of sp³-hybridized carbons (Fsp3) is 0.429. The summed E-state index contributed by atoms with van der Waals surface area (Å²) >= 11 is 22.1. The molecule has 2 nitrogen and oxygen atoms in total. The predicted octanol–water partition coefficient (Wildman–Crippen LogP) is 3.76. The molecular weight excluding hydrogens is 311 g/mol. The Balaban J connectivity index is 2.58. The third-order valence-electron chi connectivity index (χ3n) is 2.31. The van der Waals surface area contributed by atoms with Gasteiger partial charge in [-0.05, 0) is 35.5 Å². The van der Waals surface area contributed by atoms with Crippen molar-refractivity contribution in [1.82, 2.24) is 8.84 Å². The lowest BCUT2D eigenvalue weighted by Gasteiger charge is -2.31. The molecular formula is C7H3Cl4F3N2. The first kappa shape index (κ1) is 12.6. The molecule has 3 atom stereocenters. The molecule has 2 rings (SSSR count). The molecule has 16 heavy (non-hydrogen) atoms. The zero-order chi connectivity index (χ0) is 12.3. The van der Waals surface area contributed by atoms with Crippen LogP contribution in [-0.4, -0.2) is 25.4 Å². The maximum absolute atomic E-state index is 13.8. The molecule has 0 amide bonds. The molecule has 0 radical (unpaired) electrons. The minimum absolute atomic E-state index is 0.0964. The van der Waals surface area contributed by atoms with Gasteiger partial charge in [0.2, 0.25) is 0 Å². The molecule has 0 aromatic carbocycles. The van der Waals surface area contributed by atoms with Crippen molar-refractivity contribution in [2.45, 2.75) is 16.5 Å². The van der Waals surface area contributed by atoms with Crippen LogP contribution in [0.3, 0.4) is 0 Å². The number of fused-ring (bicyclic) bond motifs is 1. The largest absolute Gasteiger partial charge is 0.348 e. The van der Waals surface area contributed by atoms with Crippen LogP contribution in [0.4, 0.5) is 13.2 Å². The van der Waals surface area contributed by atoms with Crippen LogP contribution in [0, 0.1) is 0 Å². The van der Waals surface area contributed by atoms with Gasteiger partial charge in [-0.3, -0.25) is 0 Å². The van der Waals surface area contributed by atoms with E-state index in [-0.39, 0.29) is 10.1 Å². The number of halogens is 7. The molecule has 0 spiro atoms. The Morgan fingerprint density at radius 3 is 2.38 bits per heavy atom. The highest BCUT2D eigenvalue weighted by atomic mass is 35.5. The SMILES string of the molecule is FC1=CC=C2N(Cl)C(F)(Cl)N(Cl)C2(Cl)C1F. The van der Waals surface area contributed by atoms with Gasteiger partial charge in [-0.25, -0.2) is 13.2 Å². The molecule has 0 aromatic rings. The summed E-state index contributed by atoms with van der Waals surface area (Å²) in [6.07, 6.45) is -0.590. The summed E-state index contributed by atoms with van der Waals surface area (Å²) in [5.74, 6) is -1.19. The smallest absolute Gasteiger partial charge is 0.236 e. The third kappa shape index (κ3) is 1.32. The molecule has 1 fully saturated rings. The highest BCUT2D eigenvalue weighted by Gasteiger charge is 2.67. The second-order valence-corrected chi connectivity index (χ2v) is 4.94. The average Bonchev–Trinajstić information content (AvgIpc) is 2.35. The van der Waals surface area contributed by atoms with Crippen LogP contribution < -0.4 is 0 Å². The van der Waals surface area contributed by atoms with Gasteiger partial charge >= 0.3 is 5.38 Å². The van der Waals surface area contributed by atoms with Gasteiger partial charge in [0.05, 0.1) is 5.70 Å². The highest BCUT2D eigenvalue weighted by Crippen LogP contribution is 2.57. The first-order valence-electron chi connectivity index (χ1n) is 3.94. The van der Waals surface area contributed by atoms with Gasteiger partial charge in [0.1, 0.15) is 5.83 Å². The van der Waals surface area contributed by atoms with Crippen molar-refractivity contribution in [2.75, 3.05) is 0 Å². The molecule has 3 unspecified atom stereocenters. The van der Waals surface area contributed by atoms with Gasteiger partial charge in [-0.15, -0.1) is 4.42 Å². The summed E-state index contributed by atoms with van der Waals surface area (Å²) in [5, 5.41) is -2.94. The monoisotopic (exact) mass is 312 g/mol. The highest BCUT2D eigenvalue weighted by molar-refractivity contribution is 6.37. The number of rotatable bonds is 0. The third-order valence-corrected chi connectivity index (χ3v) is 4.36. The maximum atomic E-state index is 13.8. The minimum Gasteiger partial charge on any atom is -0.236 e. The van der Waals surface area contributed by atoms with E-state index in [9.17, 15) is 13.2 Å². The van der Waals surface area contributed by atoms with Gasteiger partial charge in [0, 0.05) is 11.8 Å². The Hall–Kier alpha value is 0.190. The lowest BCUT2D eigenvalue weighted by molar-refractivity contribution is 0.0474. The van der Waals surface area contributed by atoms with E-state index in [0.717, 1.165) is 12.2 Å². The van der Waals surface area contributed by atoms with Crippen molar-refractivity contribution in [2.24, 2.45) is 0 Å². The van der Waals surface area contributed by atoms with E-state index in [2.05, 4.69) is 0 Å². The first-order valence-corrected chi connectivity index (χ1v) is 5.38. The van der Waals surface area contributed by atoms with Crippen LogP contribution in [-0.2, 0) is 0 Å². The topological polar surface area (TPSA) is 6.48 Å². The van der Waals surface area contributed by atoms with Crippen LogP contribution >= 0.6 is 46.8 Å². The van der Waals surface area contributed by atoms with Crippen LogP contribution in [0.25, 0.3) is 0 Å². The summed E-state index contributed by atoms with van der Waals surface area (Å²) < 4.78 is 40.9. The van der Waals surface area contributed by atoms with Gasteiger partial charge in [0.25, 0.3) is 0 Å². The van der Waals surface area contributed by atoms with Crippen LogP contribution in [0.1, 0.15) is 0 Å². The van der Waals surface area contributed by atoms with Crippen molar-refractivity contribution >= 4 is 46.8 Å². The molecule has 9 heteroatoms. The summed E-state index contributed by atoms with van der Waals surface area (Å²) in [4.78, 5) is -2.31. The standard InChI is InChI=1S/C7H3Cl4F3N2/c8-6-4(2-1-3(12)5(6)13)15(10)7(9,14)16(6)11/h1-2,5H. The Labute approximate surface area is 109 Å². The molecule has 90 valence electrons. The molecule has 0 bridgehead atoms. The van der Waals surface area contributed by atoms with E-state index >= 15 is 0 Å². The summed E-state index contributed by atoms with van der Waals surface area (Å²) in [6, 6.07) is 0. The van der Waals surface area contributed by atoms with Gasteiger partial charge < -0.3 is 0 Å². The molecule has 1 saturated heterocycles. The van der Waals surface area contributed by atoms with Crippen molar-refractivity contribution < 1.29 is 13.2 Å². The lowest BCUT2D eigenvalue weighted by Crippen LogP contribution is -2.48. The molecule has 0 N–H and O–H groups in total. The fourth-order valence-corrected chi connectivity index (χ4v) is 2.72. The first-order chi connectivity index (χ1) is 7.24. The maximum Gasteiger partial charge on any atom is 0.348 e. The van der Waals surface area contributed by atoms with Crippen LogP contribution in [0.15, 0.2) is 23.7 Å². The Morgan fingerprint density at radius 2 is 1.81 bits per heavy atom. The Kier molecular flexibility index (Phi) is 2.84. The van der Waals surface area contributed by atoms with E-state index in [1.54, 1.807) is 0 Å². The van der Waals surface area contributed by atoms with Crippen molar-refractivity contribution in [3.05, 3.63) is 23.7 Å². The predicted molar refractivity (Wildman–Crippen MR) is 55.8 cm³/mol. The zero-order valence-corrected chi connectivity index (χ0v) is 10.3. The van der Waals surface area contributed by atoms with Gasteiger partial charge in [-0.1, -0.05) is 11.6 Å². The summed E-state index contributed by atoms with van der Waals surface area (Å²) in [5.41, 5.74) is -0.280. The quantitative estimate of drug-likeness (QED) is 0.382. The molecule has 1 heterocycles. The van der Waals surface area contributed by atoms with Crippen molar-refractivity contribution in [3.63, 3.8) is 0 Å². The van der Waals surface area contributed by atoms with E-state index in [4.69, 9.17) is 46.8 Å². The lowest BCUT2D eigenvalue weighted by atomic mass is 10.0. The zero-order valence-electron chi connectivity index (χ0n) is 7.27. The number of hydrogen-bond acceptors (Lipinski definition) is 2. The molecule has 1 aliphatic heterocycles. The normalized spacial score (nSPS) is 44.2. The van der Waals surface area contributed by atoms with E-state index in [1.807, 2.05) is 0 Å². The van der Waals surface area contributed by atoms with Crippen LogP contribution in [0.5, 0.6) is 0 Å². The average molecular weight is 314 g/mol. The Morgan fingerprint density at radius 1 is 1.25 bits per heavy atom. The number of alkyl halides is 4. The molecule has 2 aliphatic rings. The number of hydrogen-bond donors (Lipinski definition) is 0. The molecule has 1 aliphatic carbocycles. The van der Waals surface area contributed by atoms with E-state index in [1.165, 1.54) is 0 Å². The summed E-state index contributed by atoms with van der Waals surface area (Å²) in [7, 11) is 0. The summed E-state index contributed by atoms with van der Waals surface area (Å²) in [6.45, 7) is 0. The van der Waals surface area contributed by atoms with Gasteiger partial charge in [-0.2, -0.15) is 4.39 Å². The van der Waals surface area contributed by atoms with E-state index < -0.39 is 22.4 Å². The van der Waals surface area contributed by atoms with Crippen molar-refractivity contribution in [1.29, 1.82) is 0 Å². The number of allylic oxidation sites excluding steroid dienone is 2. The van der Waals surface area contributed by atoms with Gasteiger partial charge in [0.15, 0.2) is 11.2 Å². The second-order valence-electron chi connectivity index (χ2n) is 3.21. The van der Waals surface area contributed by atoms with E-state index in [0.29, 0.717) is 4.42 Å². The molecule has 0 aromatic heterocycles. The Bertz CT molecular complexity index is 399. The fourth-order valence-electron chi connectivity index (χ4n) is 1.49. The van der Waals surface area contributed by atoms with Crippen molar-refractivity contribution in [3.8, 4) is 0 Å².